The average molecular weight is 310 g/mol. The summed E-state index contributed by atoms with van der Waals surface area (Å²) in [6, 6.07) is 0. The normalized spacial score (nSPS) is 51.9. The molecular weight excluding hydrogens is 288 g/mol. The number of aliphatic hydroxyl groups is 5. The third-order valence-electron chi connectivity index (χ3n) is 3.76. The third-order valence-corrected chi connectivity index (χ3v) is 3.76. The lowest BCUT2D eigenvalue weighted by Gasteiger charge is -2.44. The van der Waals surface area contributed by atoms with E-state index in [0.29, 0.717) is 0 Å². The van der Waals surface area contributed by atoms with Crippen LogP contribution >= 0.6 is 0 Å². The van der Waals surface area contributed by atoms with Crippen molar-refractivity contribution in [1.29, 1.82) is 0 Å². The van der Waals surface area contributed by atoms with Crippen molar-refractivity contribution in [3.63, 3.8) is 0 Å². The number of hydrogen-bond acceptors (Lipinski definition) is 9. The highest BCUT2D eigenvalue weighted by atomic mass is 16.7. The van der Waals surface area contributed by atoms with Crippen LogP contribution in [0.2, 0.25) is 0 Å². The van der Waals surface area contributed by atoms with Crippen LogP contribution in [-0.4, -0.2) is 94.6 Å². The van der Waals surface area contributed by atoms with Crippen molar-refractivity contribution in [2.45, 2.75) is 62.2 Å². The molecule has 2 aliphatic heterocycles. The van der Waals surface area contributed by atoms with Crippen LogP contribution in [0.1, 0.15) is 6.92 Å². The van der Waals surface area contributed by atoms with Crippen molar-refractivity contribution < 1.29 is 44.5 Å². The first-order valence-electron chi connectivity index (χ1n) is 6.72. The van der Waals surface area contributed by atoms with Gasteiger partial charge in [-0.25, -0.2) is 0 Å². The van der Waals surface area contributed by atoms with E-state index in [-0.39, 0.29) is 6.61 Å². The predicted octanol–water partition coefficient (Wildman–Crippen LogP) is -3.08. The van der Waals surface area contributed by atoms with Crippen molar-refractivity contribution in [2.24, 2.45) is 0 Å². The monoisotopic (exact) mass is 310 g/mol. The Labute approximate surface area is 121 Å². The highest BCUT2D eigenvalue weighted by Gasteiger charge is 2.47. The van der Waals surface area contributed by atoms with E-state index in [9.17, 15) is 25.5 Å². The fourth-order valence-corrected chi connectivity index (χ4v) is 2.41. The zero-order chi connectivity index (χ0) is 15.7. The second-order valence-electron chi connectivity index (χ2n) is 5.28. The summed E-state index contributed by atoms with van der Waals surface area (Å²) in [4.78, 5) is 0. The van der Waals surface area contributed by atoms with Crippen LogP contribution in [0.15, 0.2) is 0 Å². The van der Waals surface area contributed by atoms with Gasteiger partial charge in [0.25, 0.3) is 0 Å². The topological polar surface area (TPSA) is 138 Å². The summed E-state index contributed by atoms with van der Waals surface area (Å²) in [6.07, 6.45) is -10.7. The van der Waals surface area contributed by atoms with Crippen LogP contribution in [0, 0.1) is 0 Å². The molecular formula is C12H22O9. The number of aliphatic hydroxyl groups excluding tert-OH is 5. The Balaban J connectivity index is 2.05. The quantitative estimate of drug-likeness (QED) is 0.367. The Morgan fingerprint density at radius 2 is 1.57 bits per heavy atom. The highest BCUT2D eigenvalue weighted by molar-refractivity contribution is 4.91. The summed E-state index contributed by atoms with van der Waals surface area (Å²) in [5.41, 5.74) is 0. The maximum absolute atomic E-state index is 10.1. The molecule has 0 aliphatic carbocycles. The van der Waals surface area contributed by atoms with E-state index in [1.165, 1.54) is 7.11 Å². The standard InChI is InChI=1S/C12H22O9/c1-4-6(14)10(9(17)11(18-2)20-4)21-12-8(16)7(15)5(13)3-19-12/h4-17H,3H2,1-2H3. The van der Waals surface area contributed by atoms with Gasteiger partial charge in [-0.1, -0.05) is 0 Å². The molecule has 0 aromatic rings. The maximum atomic E-state index is 10.1. The summed E-state index contributed by atoms with van der Waals surface area (Å²) in [6.45, 7) is 1.34. The molecule has 2 saturated heterocycles. The van der Waals surface area contributed by atoms with Gasteiger partial charge < -0.3 is 44.5 Å². The van der Waals surface area contributed by atoms with E-state index in [0.717, 1.165) is 0 Å². The third kappa shape index (κ3) is 3.36. The highest BCUT2D eigenvalue weighted by Crippen LogP contribution is 2.27. The van der Waals surface area contributed by atoms with Crippen molar-refractivity contribution in [1.82, 2.24) is 0 Å². The van der Waals surface area contributed by atoms with Crippen LogP contribution in [0.25, 0.3) is 0 Å². The Bertz CT molecular complexity index is 341. The largest absolute Gasteiger partial charge is 0.388 e. The van der Waals surface area contributed by atoms with E-state index in [2.05, 4.69) is 0 Å². The second kappa shape index (κ2) is 6.82. The van der Waals surface area contributed by atoms with Crippen LogP contribution in [-0.2, 0) is 18.9 Å². The van der Waals surface area contributed by atoms with Gasteiger partial charge in [0.15, 0.2) is 12.6 Å². The summed E-state index contributed by atoms with van der Waals surface area (Å²) in [7, 11) is 1.33. The number of rotatable bonds is 3. The van der Waals surface area contributed by atoms with E-state index in [1.54, 1.807) is 6.92 Å². The summed E-state index contributed by atoms with van der Waals surface area (Å²) >= 11 is 0. The van der Waals surface area contributed by atoms with Crippen molar-refractivity contribution in [3.8, 4) is 0 Å². The van der Waals surface area contributed by atoms with Crippen molar-refractivity contribution in [3.05, 3.63) is 0 Å². The van der Waals surface area contributed by atoms with Crippen LogP contribution in [0.5, 0.6) is 0 Å². The molecule has 0 aromatic carbocycles. The Hall–Kier alpha value is -0.360. The predicted molar refractivity (Wildman–Crippen MR) is 66.0 cm³/mol. The lowest BCUT2D eigenvalue weighted by molar-refractivity contribution is -0.342. The smallest absolute Gasteiger partial charge is 0.186 e. The van der Waals surface area contributed by atoms with E-state index in [1.807, 2.05) is 0 Å². The lowest BCUT2D eigenvalue weighted by Crippen LogP contribution is -2.62. The summed E-state index contributed by atoms with van der Waals surface area (Å²) in [5.74, 6) is 0. The van der Waals surface area contributed by atoms with E-state index in [4.69, 9.17) is 18.9 Å². The van der Waals surface area contributed by atoms with E-state index >= 15 is 0 Å². The van der Waals surface area contributed by atoms with Gasteiger partial charge in [-0.05, 0) is 6.92 Å². The van der Waals surface area contributed by atoms with Crippen molar-refractivity contribution in [2.75, 3.05) is 13.7 Å². The van der Waals surface area contributed by atoms with Crippen LogP contribution < -0.4 is 0 Å². The molecule has 9 nitrogen and oxygen atoms in total. The summed E-state index contributed by atoms with van der Waals surface area (Å²) in [5, 5.41) is 48.9. The number of hydrogen-bond donors (Lipinski definition) is 5. The van der Waals surface area contributed by atoms with Gasteiger partial charge in [-0.15, -0.1) is 0 Å². The second-order valence-corrected chi connectivity index (χ2v) is 5.28. The van der Waals surface area contributed by atoms with Gasteiger partial charge in [0, 0.05) is 7.11 Å². The molecule has 2 fully saturated rings. The maximum Gasteiger partial charge on any atom is 0.186 e. The average Bonchev–Trinajstić information content (AvgIpc) is 2.47. The van der Waals surface area contributed by atoms with Crippen LogP contribution in [0.4, 0.5) is 0 Å². The first-order valence-corrected chi connectivity index (χ1v) is 6.72. The molecule has 9 atom stereocenters. The molecule has 124 valence electrons. The van der Waals surface area contributed by atoms with Gasteiger partial charge in [-0.2, -0.15) is 0 Å². The zero-order valence-corrected chi connectivity index (χ0v) is 11.8. The van der Waals surface area contributed by atoms with Gasteiger partial charge in [0.1, 0.15) is 36.6 Å². The molecule has 0 spiro atoms. The minimum absolute atomic E-state index is 0.235. The van der Waals surface area contributed by atoms with Gasteiger partial charge in [-0.3, -0.25) is 0 Å². The lowest BCUT2D eigenvalue weighted by atomic mass is 9.99. The van der Waals surface area contributed by atoms with E-state index < -0.39 is 55.3 Å². The Morgan fingerprint density at radius 1 is 0.905 bits per heavy atom. The first kappa shape index (κ1) is 17.0. The molecule has 0 radical (unpaired) electrons. The molecule has 0 saturated carbocycles. The molecule has 0 amide bonds. The molecule has 21 heavy (non-hydrogen) atoms. The molecule has 2 heterocycles. The van der Waals surface area contributed by atoms with Gasteiger partial charge in [0.2, 0.25) is 0 Å². The SMILES string of the molecule is COC1OC(C)C(O)C(OC2OCC(O)C(O)C2O)C1O. The minimum Gasteiger partial charge on any atom is -0.388 e. The zero-order valence-electron chi connectivity index (χ0n) is 11.8. The molecule has 0 aromatic heterocycles. The van der Waals surface area contributed by atoms with Gasteiger partial charge >= 0.3 is 0 Å². The number of ether oxygens (including phenoxy) is 4. The first-order chi connectivity index (χ1) is 9.86. The molecule has 5 N–H and O–H groups in total. The fraction of sp³-hybridized carbons (Fsp3) is 1.00. The molecule has 9 heteroatoms. The van der Waals surface area contributed by atoms with Gasteiger partial charge in [0.05, 0.1) is 12.7 Å². The van der Waals surface area contributed by atoms with Crippen LogP contribution in [0.3, 0.4) is 0 Å². The number of methoxy groups -OCH3 is 1. The molecule has 9 unspecified atom stereocenters. The molecule has 2 rings (SSSR count). The minimum atomic E-state index is -1.51. The Kier molecular flexibility index (Phi) is 5.52. The summed E-state index contributed by atoms with van der Waals surface area (Å²) < 4.78 is 20.7. The Morgan fingerprint density at radius 3 is 2.19 bits per heavy atom. The molecule has 2 aliphatic rings. The van der Waals surface area contributed by atoms with Crippen molar-refractivity contribution >= 4 is 0 Å². The fourth-order valence-electron chi connectivity index (χ4n) is 2.41. The molecule has 0 bridgehead atoms.